The van der Waals surface area contributed by atoms with Crippen LogP contribution in [0.5, 0.6) is 0 Å². The molecular formula is C6H14O6S2. The zero-order valence-corrected chi connectivity index (χ0v) is 9.38. The van der Waals surface area contributed by atoms with Gasteiger partial charge in [0.1, 0.15) is 0 Å². The second-order valence-electron chi connectivity index (χ2n) is 3.25. The second kappa shape index (κ2) is 5.06. The van der Waals surface area contributed by atoms with Gasteiger partial charge in [-0.2, -0.15) is 16.8 Å². The van der Waals surface area contributed by atoms with E-state index in [9.17, 15) is 16.8 Å². The van der Waals surface area contributed by atoms with E-state index in [0.29, 0.717) is 0 Å². The Labute approximate surface area is 83.8 Å². The molecule has 2 N–H and O–H groups in total. The molecule has 0 fully saturated rings. The molecule has 0 aromatic heterocycles. The molecule has 0 unspecified atom stereocenters. The van der Waals surface area contributed by atoms with Crippen molar-refractivity contribution in [1.29, 1.82) is 0 Å². The summed E-state index contributed by atoms with van der Waals surface area (Å²) in [6.45, 7) is 1.65. The molecule has 0 saturated heterocycles. The van der Waals surface area contributed by atoms with Crippen LogP contribution in [-0.4, -0.2) is 37.4 Å². The molecule has 0 bridgehead atoms. The first-order valence-electron chi connectivity index (χ1n) is 4.00. The van der Waals surface area contributed by atoms with E-state index in [-0.39, 0.29) is 30.3 Å². The van der Waals surface area contributed by atoms with Crippen molar-refractivity contribution in [2.45, 2.75) is 19.8 Å². The van der Waals surface area contributed by atoms with Crippen LogP contribution in [0.25, 0.3) is 0 Å². The first-order valence-corrected chi connectivity index (χ1v) is 7.22. The van der Waals surface area contributed by atoms with Crippen LogP contribution in [0.2, 0.25) is 0 Å². The summed E-state index contributed by atoms with van der Waals surface area (Å²) in [7, 11) is -7.97. The van der Waals surface area contributed by atoms with Gasteiger partial charge in [0, 0.05) is 0 Å². The van der Waals surface area contributed by atoms with E-state index < -0.39 is 20.2 Å². The predicted molar refractivity (Wildman–Crippen MR) is 51.2 cm³/mol. The highest BCUT2D eigenvalue weighted by Crippen LogP contribution is 2.09. The molecule has 0 heterocycles. The molecule has 0 spiro atoms. The maximum Gasteiger partial charge on any atom is 0.264 e. The van der Waals surface area contributed by atoms with Gasteiger partial charge >= 0.3 is 0 Å². The summed E-state index contributed by atoms with van der Waals surface area (Å²) >= 11 is 0. The fourth-order valence-corrected chi connectivity index (χ4v) is 2.25. The molecule has 0 radical (unpaired) electrons. The molecule has 6 nitrogen and oxygen atoms in total. The molecule has 0 aliphatic rings. The molecule has 8 heteroatoms. The molecule has 0 aromatic carbocycles. The van der Waals surface area contributed by atoms with Gasteiger partial charge in [-0.25, -0.2) is 0 Å². The third-order valence-electron chi connectivity index (χ3n) is 1.74. The lowest BCUT2D eigenvalue weighted by molar-refractivity contribution is 0.457. The smallest absolute Gasteiger partial charge is 0.264 e. The lowest BCUT2D eigenvalue weighted by Gasteiger charge is -2.07. The lowest BCUT2D eigenvalue weighted by Crippen LogP contribution is -2.12. The summed E-state index contributed by atoms with van der Waals surface area (Å²) in [6.07, 6.45) is 0.350. The predicted octanol–water partition coefficient (Wildman–Crippen LogP) is 0.178. The van der Waals surface area contributed by atoms with Crippen LogP contribution in [0, 0.1) is 5.92 Å². The zero-order valence-electron chi connectivity index (χ0n) is 7.75. The average molecular weight is 246 g/mol. The monoisotopic (exact) mass is 246 g/mol. The van der Waals surface area contributed by atoms with E-state index in [1.165, 1.54) is 0 Å². The van der Waals surface area contributed by atoms with Gasteiger partial charge < -0.3 is 0 Å². The van der Waals surface area contributed by atoms with Crippen LogP contribution in [0.1, 0.15) is 19.8 Å². The second-order valence-corrected chi connectivity index (χ2v) is 6.40. The summed E-state index contributed by atoms with van der Waals surface area (Å²) in [4.78, 5) is 0. The van der Waals surface area contributed by atoms with E-state index in [2.05, 4.69) is 0 Å². The van der Waals surface area contributed by atoms with Gasteiger partial charge in [-0.15, -0.1) is 0 Å². The first kappa shape index (κ1) is 13.8. The van der Waals surface area contributed by atoms with E-state index >= 15 is 0 Å². The van der Waals surface area contributed by atoms with Crippen molar-refractivity contribution < 1.29 is 25.9 Å². The Morgan fingerprint density at radius 3 is 1.43 bits per heavy atom. The van der Waals surface area contributed by atoms with Gasteiger partial charge in [0.15, 0.2) is 0 Å². The third-order valence-corrected chi connectivity index (χ3v) is 3.24. The van der Waals surface area contributed by atoms with Crippen LogP contribution in [0.3, 0.4) is 0 Å². The van der Waals surface area contributed by atoms with Crippen LogP contribution >= 0.6 is 0 Å². The highest BCUT2D eigenvalue weighted by Gasteiger charge is 2.12. The maximum atomic E-state index is 10.3. The van der Waals surface area contributed by atoms with Gasteiger partial charge in [-0.05, 0) is 18.8 Å². The molecule has 0 aliphatic carbocycles. The van der Waals surface area contributed by atoms with Crippen molar-refractivity contribution in [1.82, 2.24) is 0 Å². The number of hydrogen-bond donors (Lipinski definition) is 2. The first-order chi connectivity index (χ1) is 6.10. The van der Waals surface area contributed by atoms with E-state index in [0.717, 1.165) is 0 Å². The fourth-order valence-electron chi connectivity index (χ4n) is 0.845. The molecule has 86 valence electrons. The van der Waals surface area contributed by atoms with Gasteiger partial charge in [0.2, 0.25) is 0 Å². The van der Waals surface area contributed by atoms with E-state index in [1.54, 1.807) is 6.92 Å². The minimum Gasteiger partial charge on any atom is -0.286 e. The minimum atomic E-state index is -3.98. The molecular weight excluding hydrogens is 232 g/mol. The van der Waals surface area contributed by atoms with Gasteiger partial charge in [0.05, 0.1) is 11.5 Å². The minimum absolute atomic E-state index is 0.175. The zero-order chi connectivity index (χ0) is 11.4. The Morgan fingerprint density at radius 2 is 1.21 bits per heavy atom. The number of hydrogen-bond acceptors (Lipinski definition) is 4. The van der Waals surface area contributed by atoms with Gasteiger partial charge in [-0.1, -0.05) is 6.92 Å². The summed E-state index contributed by atoms with van der Waals surface area (Å²) < 4.78 is 58.1. The summed E-state index contributed by atoms with van der Waals surface area (Å²) in [5.41, 5.74) is 0. The molecule has 0 atom stereocenters. The Morgan fingerprint density at radius 1 is 0.929 bits per heavy atom. The largest absolute Gasteiger partial charge is 0.286 e. The average Bonchev–Trinajstić information content (AvgIpc) is 1.94. The molecule has 0 amide bonds. The van der Waals surface area contributed by atoms with Crippen LogP contribution < -0.4 is 0 Å². The fraction of sp³-hybridized carbons (Fsp3) is 1.00. The molecule has 14 heavy (non-hydrogen) atoms. The van der Waals surface area contributed by atoms with Crippen molar-refractivity contribution in [3.05, 3.63) is 0 Å². The molecule has 0 rings (SSSR count). The van der Waals surface area contributed by atoms with Crippen molar-refractivity contribution in [3.63, 3.8) is 0 Å². The Hall–Kier alpha value is -0.180. The summed E-state index contributed by atoms with van der Waals surface area (Å²) in [6, 6.07) is 0. The van der Waals surface area contributed by atoms with Crippen LogP contribution in [0.4, 0.5) is 0 Å². The van der Waals surface area contributed by atoms with Crippen molar-refractivity contribution in [3.8, 4) is 0 Å². The quantitative estimate of drug-likeness (QED) is 0.647. The third kappa shape index (κ3) is 9.90. The Balaban J connectivity index is 3.84. The molecule has 0 saturated carbocycles. The standard InChI is InChI=1S/C6H14O6S2/c1-6(2-4-13(7,8)9)3-5-14(10,11)12/h6H,2-5H2,1H3,(H,7,8,9)(H,10,11,12). The van der Waals surface area contributed by atoms with Crippen molar-refractivity contribution in [2.75, 3.05) is 11.5 Å². The Kier molecular flexibility index (Phi) is 4.99. The van der Waals surface area contributed by atoms with Gasteiger partial charge in [-0.3, -0.25) is 9.11 Å². The summed E-state index contributed by atoms with van der Waals surface area (Å²) in [5, 5.41) is 0. The summed E-state index contributed by atoms with van der Waals surface area (Å²) in [5.74, 6) is -0.960. The Bertz CT molecular complexity index is 318. The van der Waals surface area contributed by atoms with Crippen molar-refractivity contribution >= 4 is 20.2 Å². The van der Waals surface area contributed by atoms with Crippen LogP contribution in [-0.2, 0) is 20.2 Å². The topological polar surface area (TPSA) is 109 Å². The maximum absolute atomic E-state index is 10.3. The van der Waals surface area contributed by atoms with Gasteiger partial charge in [0.25, 0.3) is 20.2 Å². The highest BCUT2D eigenvalue weighted by molar-refractivity contribution is 7.86. The van der Waals surface area contributed by atoms with Crippen LogP contribution in [0.15, 0.2) is 0 Å². The number of rotatable bonds is 6. The lowest BCUT2D eigenvalue weighted by atomic mass is 10.1. The molecule has 0 aromatic rings. The van der Waals surface area contributed by atoms with E-state index in [4.69, 9.17) is 9.11 Å². The molecule has 0 aliphatic heterocycles. The highest BCUT2D eigenvalue weighted by atomic mass is 32.2. The normalized spacial score (nSPS) is 13.4. The SMILES string of the molecule is CC(CCS(=O)(=O)O)CCS(=O)(=O)O. The van der Waals surface area contributed by atoms with E-state index in [1.807, 2.05) is 0 Å². The van der Waals surface area contributed by atoms with Crippen molar-refractivity contribution in [2.24, 2.45) is 5.92 Å².